The largest absolute Gasteiger partial charge is 0.480 e. The van der Waals surface area contributed by atoms with E-state index in [0.29, 0.717) is 0 Å². The quantitative estimate of drug-likeness (QED) is 0.578. The number of carbonyl (C=O) groups is 2. The van der Waals surface area contributed by atoms with E-state index < -0.39 is 12.0 Å². The molecule has 0 bridgehead atoms. The third-order valence-corrected chi connectivity index (χ3v) is 4.08. The predicted octanol–water partition coefficient (Wildman–Crippen LogP) is 2.22. The Morgan fingerprint density at radius 1 is 1.41 bits per heavy atom. The van der Waals surface area contributed by atoms with Gasteiger partial charge in [0.25, 0.3) is 0 Å². The fraction of sp³-hybridized carbons (Fsp3) is 0.250. The molecule has 2 aromatic rings. The van der Waals surface area contributed by atoms with Gasteiger partial charge in [0, 0.05) is 4.70 Å². The zero-order valence-electron chi connectivity index (χ0n) is 12.0. The van der Waals surface area contributed by atoms with Gasteiger partial charge in [0.15, 0.2) is 6.04 Å². The van der Waals surface area contributed by atoms with Gasteiger partial charge in [-0.25, -0.2) is 4.79 Å². The third kappa shape index (κ3) is 4.16. The zero-order valence-corrected chi connectivity index (χ0v) is 12.8. The number of carboxylic acid groups (broad SMARTS) is 1. The maximum atomic E-state index is 12.1. The lowest BCUT2D eigenvalue weighted by Gasteiger charge is -2.14. The Morgan fingerprint density at radius 2 is 2.18 bits per heavy atom. The SMILES string of the molecule is C=CCOCC(NC(=O)Cc1csc2ccccc12)C(=O)O. The van der Waals surface area contributed by atoms with Crippen LogP contribution in [0.3, 0.4) is 0 Å². The van der Waals surface area contributed by atoms with E-state index in [1.54, 1.807) is 11.3 Å². The smallest absolute Gasteiger partial charge is 0.328 e. The first-order valence-electron chi connectivity index (χ1n) is 6.77. The Kier molecular flexibility index (Phi) is 5.68. The summed E-state index contributed by atoms with van der Waals surface area (Å²) >= 11 is 1.57. The molecule has 1 unspecified atom stereocenters. The van der Waals surface area contributed by atoms with Crippen LogP contribution in [0.2, 0.25) is 0 Å². The molecule has 1 atom stereocenters. The molecule has 22 heavy (non-hydrogen) atoms. The number of aliphatic carboxylic acids is 1. The van der Waals surface area contributed by atoms with Crippen molar-refractivity contribution in [1.82, 2.24) is 5.32 Å². The minimum Gasteiger partial charge on any atom is -0.480 e. The highest BCUT2D eigenvalue weighted by Gasteiger charge is 2.20. The fourth-order valence-corrected chi connectivity index (χ4v) is 2.99. The molecule has 1 heterocycles. The van der Waals surface area contributed by atoms with Crippen molar-refractivity contribution in [3.8, 4) is 0 Å². The lowest BCUT2D eigenvalue weighted by Crippen LogP contribution is -2.44. The molecule has 116 valence electrons. The normalized spacial score (nSPS) is 12.0. The summed E-state index contributed by atoms with van der Waals surface area (Å²) in [4.78, 5) is 23.2. The van der Waals surface area contributed by atoms with Gasteiger partial charge in [-0.15, -0.1) is 17.9 Å². The topological polar surface area (TPSA) is 75.6 Å². The summed E-state index contributed by atoms with van der Waals surface area (Å²) in [6.07, 6.45) is 1.67. The van der Waals surface area contributed by atoms with Gasteiger partial charge in [0.1, 0.15) is 0 Å². The second-order valence-electron chi connectivity index (χ2n) is 4.72. The number of amides is 1. The second kappa shape index (κ2) is 7.72. The number of carboxylic acids is 1. The van der Waals surface area contributed by atoms with Gasteiger partial charge in [-0.3, -0.25) is 4.79 Å². The average molecular weight is 319 g/mol. The van der Waals surface area contributed by atoms with Gasteiger partial charge >= 0.3 is 5.97 Å². The minimum absolute atomic E-state index is 0.0858. The van der Waals surface area contributed by atoms with Crippen LogP contribution in [0.4, 0.5) is 0 Å². The summed E-state index contributed by atoms with van der Waals surface area (Å²) in [6.45, 7) is 3.64. The molecule has 0 fully saturated rings. The molecule has 0 radical (unpaired) electrons. The standard InChI is InChI=1S/C16H17NO4S/c1-2-7-21-9-13(16(19)20)17-15(18)8-11-10-22-14-6-4-3-5-12(11)14/h2-6,10,13H,1,7-9H2,(H,17,18)(H,19,20). The summed E-state index contributed by atoms with van der Waals surface area (Å²) in [5.41, 5.74) is 0.897. The van der Waals surface area contributed by atoms with Crippen molar-refractivity contribution in [2.75, 3.05) is 13.2 Å². The van der Waals surface area contributed by atoms with E-state index in [4.69, 9.17) is 9.84 Å². The van der Waals surface area contributed by atoms with Crippen LogP contribution < -0.4 is 5.32 Å². The Balaban J connectivity index is 1.98. The van der Waals surface area contributed by atoms with Crippen molar-refractivity contribution < 1.29 is 19.4 Å². The fourth-order valence-electron chi connectivity index (χ4n) is 2.03. The van der Waals surface area contributed by atoms with Crippen molar-refractivity contribution in [2.45, 2.75) is 12.5 Å². The Hall–Kier alpha value is -2.18. The van der Waals surface area contributed by atoms with Crippen LogP contribution in [-0.2, 0) is 20.7 Å². The van der Waals surface area contributed by atoms with Crippen LogP contribution in [-0.4, -0.2) is 36.2 Å². The number of nitrogens with one attached hydrogen (secondary N) is 1. The Morgan fingerprint density at radius 3 is 2.91 bits per heavy atom. The summed E-state index contributed by atoms with van der Waals surface area (Å²) in [6, 6.07) is 6.75. The van der Waals surface area contributed by atoms with Gasteiger partial charge in [-0.05, 0) is 22.4 Å². The molecule has 0 aliphatic carbocycles. The summed E-state index contributed by atoms with van der Waals surface area (Å²) in [5.74, 6) is -1.45. The van der Waals surface area contributed by atoms with E-state index in [9.17, 15) is 9.59 Å². The summed E-state index contributed by atoms with van der Waals surface area (Å²) in [5, 5.41) is 14.5. The molecule has 0 spiro atoms. The molecule has 0 aliphatic heterocycles. The number of rotatable bonds is 8. The summed E-state index contributed by atoms with van der Waals surface area (Å²) in [7, 11) is 0. The number of thiophene rings is 1. The molecular weight excluding hydrogens is 302 g/mol. The first kappa shape index (κ1) is 16.2. The highest BCUT2D eigenvalue weighted by molar-refractivity contribution is 7.17. The van der Waals surface area contributed by atoms with Crippen LogP contribution in [0.5, 0.6) is 0 Å². The van der Waals surface area contributed by atoms with Crippen LogP contribution in [0.1, 0.15) is 5.56 Å². The molecule has 1 aromatic heterocycles. The van der Waals surface area contributed by atoms with Crippen molar-refractivity contribution in [3.05, 3.63) is 47.9 Å². The number of hydrogen-bond donors (Lipinski definition) is 2. The second-order valence-corrected chi connectivity index (χ2v) is 5.63. The predicted molar refractivity (Wildman–Crippen MR) is 86.1 cm³/mol. The maximum Gasteiger partial charge on any atom is 0.328 e. The molecule has 0 saturated carbocycles. The number of benzene rings is 1. The van der Waals surface area contributed by atoms with E-state index >= 15 is 0 Å². The van der Waals surface area contributed by atoms with Gasteiger partial charge < -0.3 is 15.2 Å². The van der Waals surface area contributed by atoms with Crippen molar-refractivity contribution in [3.63, 3.8) is 0 Å². The van der Waals surface area contributed by atoms with Gasteiger partial charge in [-0.2, -0.15) is 0 Å². The minimum atomic E-state index is -1.12. The molecule has 5 nitrogen and oxygen atoms in total. The van der Waals surface area contributed by atoms with Crippen LogP contribution in [0.25, 0.3) is 10.1 Å². The highest BCUT2D eigenvalue weighted by atomic mass is 32.1. The van der Waals surface area contributed by atoms with Gasteiger partial charge in [0.05, 0.1) is 19.6 Å². The highest BCUT2D eigenvalue weighted by Crippen LogP contribution is 2.25. The van der Waals surface area contributed by atoms with E-state index in [2.05, 4.69) is 11.9 Å². The lowest BCUT2D eigenvalue weighted by molar-refractivity contribution is -0.143. The van der Waals surface area contributed by atoms with E-state index in [1.165, 1.54) is 6.08 Å². The van der Waals surface area contributed by atoms with Crippen molar-refractivity contribution in [2.24, 2.45) is 0 Å². The monoisotopic (exact) mass is 319 g/mol. The number of fused-ring (bicyclic) bond motifs is 1. The molecule has 0 aliphatic rings. The van der Waals surface area contributed by atoms with E-state index in [0.717, 1.165) is 15.6 Å². The van der Waals surface area contributed by atoms with Gasteiger partial charge in [0.2, 0.25) is 5.91 Å². The average Bonchev–Trinajstić information content (AvgIpc) is 2.89. The molecule has 1 aromatic carbocycles. The molecule has 2 N–H and O–H groups in total. The Bertz CT molecular complexity index is 680. The Labute approximate surface area is 132 Å². The number of ether oxygens (including phenoxy) is 1. The first-order chi connectivity index (χ1) is 10.6. The molecule has 6 heteroatoms. The maximum absolute atomic E-state index is 12.1. The van der Waals surface area contributed by atoms with Crippen LogP contribution >= 0.6 is 11.3 Å². The number of carbonyl (C=O) groups excluding carboxylic acids is 1. The van der Waals surface area contributed by atoms with E-state index in [-0.39, 0.29) is 25.5 Å². The van der Waals surface area contributed by atoms with Crippen LogP contribution in [0.15, 0.2) is 42.3 Å². The molecular formula is C16H17NO4S. The van der Waals surface area contributed by atoms with Gasteiger partial charge in [-0.1, -0.05) is 24.3 Å². The van der Waals surface area contributed by atoms with Crippen molar-refractivity contribution in [1.29, 1.82) is 0 Å². The molecule has 0 saturated heterocycles. The lowest BCUT2D eigenvalue weighted by atomic mass is 10.1. The molecule has 2 rings (SSSR count). The summed E-state index contributed by atoms with van der Waals surface area (Å²) < 4.78 is 6.21. The first-order valence-corrected chi connectivity index (χ1v) is 7.65. The third-order valence-electron chi connectivity index (χ3n) is 3.07. The van der Waals surface area contributed by atoms with Crippen molar-refractivity contribution >= 4 is 33.3 Å². The zero-order chi connectivity index (χ0) is 15.9. The van der Waals surface area contributed by atoms with E-state index in [1.807, 2.05) is 29.6 Å². The number of hydrogen-bond acceptors (Lipinski definition) is 4. The van der Waals surface area contributed by atoms with Crippen LogP contribution in [0, 0.1) is 0 Å². The molecule has 1 amide bonds.